The van der Waals surface area contributed by atoms with Crippen molar-refractivity contribution in [3.05, 3.63) is 11.7 Å². The molecule has 1 unspecified atom stereocenters. The molecule has 0 amide bonds. The number of nitrogens with two attached hydrogens (primary N) is 1. The van der Waals surface area contributed by atoms with Crippen LogP contribution in [0.1, 0.15) is 69.2 Å². The van der Waals surface area contributed by atoms with Crippen LogP contribution in [0.3, 0.4) is 0 Å². The lowest BCUT2D eigenvalue weighted by Gasteiger charge is -2.33. The number of ether oxygens (including phenoxy) is 1. The van der Waals surface area contributed by atoms with Gasteiger partial charge in [0, 0.05) is 7.11 Å². The van der Waals surface area contributed by atoms with Gasteiger partial charge in [0.05, 0.1) is 5.54 Å². The van der Waals surface area contributed by atoms with E-state index in [9.17, 15) is 0 Å². The highest BCUT2D eigenvalue weighted by atomic mass is 16.5. The monoisotopic (exact) mass is 265 g/mol. The minimum absolute atomic E-state index is 0.0403. The lowest BCUT2D eigenvalue weighted by Crippen LogP contribution is -2.43. The highest BCUT2D eigenvalue weighted by Crippen LogP contribution is 2.40. The lowest BCUT2D eigenvalue weighted by molar-refractivity contribution is 0.0273. The summed E-state index contributed by atoms with van der Waals surface area (Å²) in [4.78, 5) is 4.52. The van der Waals surface area contributed by atoms with Gasteiger partial charge in [0.2, 0.25) is 11.7 Å². The molecule has 1 aromatic rings. The first-order chi connectivity index (χ1) is 9.23. The first-order valence-corrected chi connectivity index (χ1v) is 7.39. The van der Waals surface area contributed by atoms with E-state index in [1.807, 2.05) is 0 Å². The summed E-state index contributed by atoms with van der Waals surface area (Å²) < 4.78 is 11.0. The maximum Gasteiger partial charge on any atom is 0.246 e. The van der Waals surface area contributed by atoms with Crippen molar-refractivity contribution in [1.82, 2.24) is 10.1 Å². The zero-order valence-corrected chi connectivity index (χ0v) is 11.6. The highest BCUT2D eigenvalue weighted by molar-refractivity contribution is 5.08. The van der Waals surface area contributed by atoms with Crippen molar-refractivity contribution in [3.63, 3.8) is 0 Å². The molecule has 1 atom stereocenters. The smallest absolute Gasteiger partial charge is 0.246 e. The summed E-state index contributed by atoms with van der Waals surface area (Å²) >= 11 is 0. The molecule has 5 heteroatoms. The number of rotatable bonds is 4. The van der Waals surface area contributed by atoms with Crippen molar-refractivity contribution in [3.8, 4) is 0 Å². The van der Waals surface area contributed by atoms with Crippen LogP contribution in [-0.2, 0) is 10.3 Å². The third-order valence-electron chi connectivity index (χ3n) is 4.70. The van der Waals surface area contributed by atoms with Gasteiger partial charge in [-0.2, -0.15) is 4.98 Å². The SMILES string of the molecule is COC(c1noc(C2(N)CCC2)n1)C1CCCCC1. The van der Waals surface area contributed by atoms with Crippen LogP contribution in [0, 0.1) is 5.92 Å². The molecular formula is C14H23N3O2. The Morgan fingerprint density at radius 3 is 2.58 bits per heavy atom. The Labute approximate surface area is 113 Å². The molecule has 2 aliphatic carbocycles. The van der Waals surface area contributed by atoms with Crippen LogP contribution in [-0.4, -0.2) is 17.3 Å². The summed E-state index contributed by atoms with van der Waals surface area (Å²) in [5.41, 5.74) is 5.84. The van der Waals surface area contributed by atoms with Crippen LogP contribution in [0.5, 0.6) is 0 Å². The van der Waals surface area contributed by atoms with Gasteiger partial charge >= 0.3 is 0 Å². The molecule has 0 spiro atoms. The Kier molecular flexibility index (Phi) is 3.58. The van der Waals surface area contributed by atoms with Gasteiger partial charge in [-0.25, -0.2) is 0 Å². The second-order valence-electron chi connectivity index (χ2n) is 6.02. The maximum absolute atomic E-state index is 6.22. The average Bonchev–Trinajstić information content (AvgIpc) is 2.88. The molecule has 0 aromatic carbocycles. The van der Waals surface area contributed by atoms with E-state index in [0.717, 1.165) is 19.3 Å². The molecule has 0 radical (unpaired) electrons. The van der Waals surface area contributed by atoms with Crippen LogP contribution < -0.4 is 5.73 Å². The summed E-state index contributed by atoms with van der Waals surface area (Å²) in [5, 5.41) is 4.12. The Morgan fingerprint density at radius 1 is 1.26 bits per heavy atom. The summed E-state index contributed by atoms with van der Waals surface area (Å²) in [6.07, 6.45) is 9.24. The van der Waals surface area contributed by atoms with Crippen LogP contribution in [0.15, 0.2) is 4.52 Å². The van der Waals surface area contributed by atoms with Gasteiger partial charge in [0.1, 0.15) is 6.10 Å². The van der Waals surface area contributed by atoms with Gasteiger partial charge < -0.3 is 15.0 Å². The van der Waals surface area contributed by atoms with Crippen molar-refractivity contribution in [2.24, 2.45) is 11.7 Å². The van der Waals surface area contributed by atoms with Gasteiger partial charge in [0.25, 0.3) is 0 Å². The normalized spacial score (nSPS) is 24.9. The summed E-state index contributed by atoms with van der Waals surface area (Å²) in [7, 11) is 1.73. The van der Waals surface area contributed by atoms with E-state index in [1.165, 1.54) is 32.1 Å². The van der Waals surface area contributed by atoms with Crippen molar-refractivity contribution in [2.45, 2.75) is 63.0 Å². The van der Waals surface area contributed by atoms with E-state index < -0.39 is 0 Å². The molecule has 1 aromatic heterocycles. The lowest BCUT2D eigenvalue weighted by atomic mass is 9.77. The number of methoxy groups -OCH3 is 1. The molecule has 2 N–H and O–H groups in total. The van der Waals surface area contributed by atoms with E-state index in [4.69, 9.17) is 15.0 Å². The largest absolute Gasteiger partial charge is 0.373 e. The molecule has 5 nitrogen and oxygen atoms in total. The van der Waals surface area contributed by atoms with E-state index in [0.29, 0.717) is 17.6 Å². The Morgan fingerprint density at radius 2 is 2.00 bits per heavy atom. The molecule has 19 heavy (non-hydrogen) atoms. The molecule has 3 rings (SSSR count). The standard InChI is InChI=1S/C14H23N3O2/c1-18-11(10-6-3-2-4-7-10)12-16-13(19-17-12)14(15)8-5-9-14/h10-11H,2-9,15H2,1H3. The number of hydrogen-bond acceptors (Lipinski definition) is 5. The third-order valence-corrected chi connectivity index (χ3v) is 4.70. The van der Waals surface area contributed by atoms with Crippen molar-refractivity contribution in [1.29, 1.82) is 0 Å². The minimum Gasteiger partial charge on any atom is -0.373 e. The number of nitrogens with zero attached hydrogens (tertiary/aromatic N) is 2. The predicted octanol–water partition coefficient (Wildman–Crippen LogP) is 2.68. The number of aromatic nitrogens is 2. The molecule has 0 saturated heterocycles. The summed E-state index contributed by atoms with van der Waals surface area (Å²) in [6, 6.07) is 0. The van der Waals surface area contributed by atoms with Gasteiger partial charge in [0.15, 0.2) is 0 Å². The summed E-state index contributed by atoms with van der Waals surface area (Å²) in [5.74, 6) is 1.78. The van der Waals surface area contributed by atoms with Gasteiger partial charge in [-0.15, -0.1) is 0 Å². The zero-order chi connectivity index (χ0) is 13.3. The van der Waals surface area contributed by atoms with Crippen LogP contribution >= 0.6 is 0 Å². The van der Waals surface area contributed by atoms with Crippen LogP contribution in [0.2, 0.25) is 0 Å². The van der Waals surface area contributed by atoms with Crippen molar-refractivity contribution < 1.29 is 9.26 Å². The fraction of sp³-hybridized carbons (Fsp3) is 0.857. The Hall–Kier alpha value is -0.940. The molecule has 1 heterocycles. The molecule has 0 bridgehead atoms. The third kappa shape index (κ3) is 2.41. The van der Waals surface area contributed by atoms with Crippen LogP contribution in [0.4, 0.5) is 0 Å². The molecule has 106 valence electrons. The quantitative estimate of drug-likeness (QED) is 0.906. The van der Waals surface area contributed by atoms with Crippen LogP contribution in [0.25, 0.3) is 0 Å². The second-order valence-corrected chi connectivity index (χ2v) is 6.02. The first kappa shape index (κ1) is 13.1. The topological polar surface area (TPSA) is 74.2 Å². The van der Waals surface area contributed by atoms with E-state index in [1.54, 1.807) is 7.11 Å². The fourth-order valence-corrected chi connectivity index (χ4v) is 3.27. The predicted molar refractivity (Wildman–Crippen MR) is 70.3 cm³/mol. The van der Waals surface area contributed by atoms with E-state index in [2.05, 4.69) is 10.1 Å². The first-order valence-electron chi connectivity index (χ1n) is 7.39. The average molecular weight is 265 g/mol. The van der Waals surface area contributed by atoms with Crippen molar-refractivity contribution in [2.75, 3.05) is 7.11 Å². The Bertz CT molecular complexity index is 422. The molecule has 0 aliphatic heterocycles. The van der Waals surface area contributed by atoms with Gasteiger partial charge in [-0.1, -0.05) is 24.4 Å². The molecular weight excluding hydrogens is 242 g/mol. The fourth-order valence-electron chi connectivity index (χ4n) is 3.27. The summed E-state index contributed by atoms with van der Waals surface area (Å²) in [6.45, 7) is 0. The molecule has 2 aliphatic rings. The second kappa shape index (κ2) is 5.21. The van der Waals surface area contributed by atoms with E-state index in [-0.39, 0.29) is 11.6 Å². The molecule has 2 fully saturated rings. The molecule has 2 saturated carbocycles. The zero-order valence-electron chi connectivity index (χ0n) is 11.6. The number of hydrogen-bond donors (Lipinski definition) is 1. The minimum atomic E-state index is -0.379. The van der Waals surface area contributed by atoms with Crippen molar-refractivity contribution >= 4 is 0 Å². The maximum atomic E-state index is 6.22. The van der Waals surface area contributed by atoms with E-state index >= 15 is 0 Å². The Balaban J connectivity index is 1.75. The van der Waals surface area contributed by atoms with Gasteiger partial charge in [-0.3, -0.25) is 0 Å². The highest BCUT2D eigenvalue weighted by Gasteiger charge is 2.41. The van der Waals surface area contributed by atoms with Gasteiger partial charge in [-0.05, 0) is 38.0 Å².